The first-order valence-corrected chi connectivity index (χ1v) is 15.0. The Labute approximate surface area is 251 Å². The number of likely N-dealkylation sites (tertiary alicyclic amines) is 1. The molecule has 1 N–H and O–H groups in total. The van der Waals surface area contributed by atoms with Gasteiger partial charge in [-0.2, -0.15) is 0 Å². The maximum atomic E-state index is 14.6. The number of halogens is 1. The van der Waals surface area contributed by atoms with Crippen LogP contribution in [0.15, 0.2) is 72.8 Å². The second kappa shape index (κ2) is 11.0. The van der Waals surface area contributed by atoms with Crippen LogP contribution in [0.1, 0.15) is 30.9 Å². The molecule has 0 aromatic heterocycles. The maximum Gasteiger partial charge on any atom is 0.253 e. The molecule has 9 heteroatoms. The maximum absolute atomic E-state index is 14.6. The van der Waals surface area contributed by atoms with E-state index in [0.717, 1.165) is 11.1 Å². The Kier molecular flexibility index (Phi) is 7.50. The average Bonchev–Trinajstić information content (AvgIpc) is 3.27. The molecule has 2 saturated heterocycles. The minimum absolute atomic E-state index is 0.138. The van der Waals surface area contributed by atoms with Crippen LogP contribution in [0.3, 0.4) is 0 Å². The molecule has 1 unspecified atom stereocenters. The largest absolute Gasteiger partial charge is 0.396 e. The predicted octanol–water partition coefficient (Wildman–Crippen LogP) is 3.89. The summed E-state index contributed by atoms with van der Waals surface area (Å²) >= 11 is 6.62. The number of hydrogen-bond acceptors (Lipinski definition) is 5. The molecule has 3 amide bonds. The van der Waals surface area contributed by atoms with Crippen molar-refractivity contribution in [2.75, 3.05) is 31.1 Å². The number of benzene rings is 2. The molecule has 2 aromatic rings. The SMILES string of the molecule is CC[C@@]12C=CCN(Cc3ccccc3)C(=O)[C@@H]1[C@H]1C(=O)N(CCCO)C3C(=O)N(c4c(C)cccc4Cl)CC=C[C@@]31O2. The molecule has 4 aliphatic heterocycles. The van der Waals surface area contributed by atoms with Gasteiger partial charge in [-0.05, 0) is 37.0 Å². The summed E-state index contributed by atoms with van der Waals surface area (Å²) in [5, 5.41) is 10.1. The van der Waals surface area contributed by atoms with Crippen molar-refractivity contribution in [2.45, 2.75) is 50.5 Å². The molecule has 2 aromatic carbocycles. The molecule has 0 saturated carbocycles. The minimum Gasteiger partial charge on any atom is -0.396 e. The number of para-hydroxylation sites is 1. The lowest BCUT2D eigenvalue weighted by Gasteiger charge is -2.38. The number of ether oxygens (including phenoxy) is 1. The van der Waals surface area contributed by atoms with Gasteiger partial charge in [0.25, 0.3) is 5.91 Å². The van der Waals surface area contributed by atoms with Crippen LogP contribution in [-0.4, -0.2) is 76.1 Å². The van der Waals surface area contributed by atoms with Crippen LogP contribution in [-0.2, 0) is 25.7 Å². The van der Waals surface area contributed by atoms with Gasteiger partial charge in [0.05, 0.1) is 28.1 Å². The molecule has 0 aliphatic carbocycles. The number of carbonyl (C=O) groups excluding carboxylic acids is 3. The first kappa shape index (κ1) is 28.6. The first-order valence-electron chi connectivity index (χ1n) is 14.6. The van der Waals surface area contributed by atoms with Gasteiger partial charge in [-0.1, -0.05) is 85.3 Å². The molecule has 6 rings (SSSR count). The Hall–Kier alpha value is -3.46. The number of carbonyl (C=O) groups is 3. The van der Waals surface area contributed by atoms with E-state index < -0.39 is 29.1 Å². The normalized spacial score (nSPS) is 30.3. The monoisotopic (exact) mass is 589 g/mol. The number of aryl methyl sites for hydroxylation is 1. The first-order chi connectivity index (χ1) is 20.3. The fourth-order valence-electron chi connectivity index (χ4n) is 7.40. The van der Waals surface area contributed by atoms with Crippen LogP contribution >= 0.6 is 11.6 Å². The van der Waals surface area contributed by atoms with Crippen LogP contribution in [0, 0.1) is 18.8 Å². The van der Waals surface area contributed by atoms with Crippen molar-refractivity contribution >= 4 is 35.0 Å². The third kappa shape index (κ3) is 4.31. The highest BCUT2D eigenvalue weighted by Crippen LogP contribution is 2.58. The average molecular weight is 590 g/mol. The van der Waals surface area contributed by atoms with Gasteiger partial charge < -0.3 is 24.5 Å². The van der Waals surface area contributed by atoms with E-state index >= 15 is 0 Å². The molecule has 0 bridgehead atoms. The number of hydrogen-bond donors (Lipinski definition) is 1. The summed E-state index contributed by atoms with van der Waals surface area (Å²) in [6.45, 7) is 4.93. The van der Waals surface area contributed by atoms with Crippen LogP contribution in [0.5, 0.6) is 0 Å². The summed E-state index contributed by atoms with van der Waals surface area (Å²) in [4.78, 5) is 48.5. The van der Waals surface area contributed by atoms with Gasteiger partial charge in [-0.3, -0.25) is 14.4 Å². The van der Waals surface area contributed by atoms with Crippen molar-refractivity contribution < 1.29 is 24.2 Å². The Morgan fingerprint density at radius 1 is 0.952 bits per heavy atom. The van der Waals surface area contributed by atoms with E-state index in [1.165, 1.54) is 4.90 Å². The van der Waals surface area contributed by atoms with E-state index in [1.807, 2.05) is 80.6 Å². The smallest absolute Gasteiger partial charge is 0.253 e. The van der Waals surface area contributed by atoms with Crippen molar-refractivity contribution in [3.8, 4) is 0 Å². The van der Waals surface area contributed by atoms with E-state index in [4.69, 9.17) is 16.3 Å². The standard InChI is InChI=1S/C33H36ClN3O5/c1-3-32-15-8-17-35(21-23-12-5-4-6-13-23)29(39)25(32)26-30(40)37(19-10-20-38)28-31(41)36(18-9-16-33(26,28)42-32)27-22(2)11-7-14-24(27)34/h4-9,11-16,25-26,28,38H,3,10,17-21H2,1-2H3/t25-,26-,28?,32+,33-/m0/s1. The fourth-order valence-corrected chi connectivity index (χ4v) is 7.73. The summed E-state index contributed by atoms with van der Waals surface area (Å²) in [6.07, 6.45) is 8.36. The molecule has 1 spiro atoms. The van der Waals surface area contributed by atoms with Crippen molar-refractivity contribution in [3.63, 3.8) is 0 Å². The number of anilines is 1. The molecular formula is C33H36ClN3O5. The molecular weight excluding hydrogens is 554 g/mol. The van der Waals surface area contributed by atoms with Crippen LogP contribution in [0.4, 0.5) is 5.69 Å². The molecule has 220 valence electrons. The van der Waals surface area contributed by atoms with Gasteiger partial charge in [0.2, 0.25) is 11.8 Å². The molecule has 0 radical (unpaired) electrons. The molecule has 4 heterocycles. The van der Waals surface area contributed by atoms with Gasteiger partial charge in [-0.15, -0.1) is 0 Å². The second-order valence-corrected chi connectivity index (χ2v) is 12.0. The zero-order valence-corrected chi connectivity index (χ0v) is 24.7. The summed E-state index contributed by atoms with van der Waals surface area (Å²) in [7, 11) is 0. The lowest BCUT2D eigenvalue weighted by molar-refractivity contribution is -0.150. The van der Waals surface area contributed by atoms with Gasteiger partial charge in [0, 0.05) is 32.8 Å². The molecule has 2 fully saturated rings. The van der Waals surface area contributed by atoms with E-state index in [9.17, 15) is 19.5 Å². The van der Waals surface area contributed by atoms with Crippen LogP contribution < -0.4 is 4.90 Å². The van der Waals surface area contributed by atoms with Gasteiger partial charge in [0.15, 0.2) is 0 Å². The topological polar surface area (TPSA) is 90.4 Å². The van der Waals surface area contributed by atoms with Gasteiger partial charge >= 0.3 is 0 Å². The third-order valence-corrected chi connectivity index (χ3v) is 9.56. The highest BCUT2D eigenvalue weighted by atomic mass is 35.5. The van der Waals surface area contributed by atoms with E-state index in [0.29, 0.717) is 36.6 Å². The molecule has 42 heavy (non-hydrogen) atoms. The Morgan fingerprint density at radius 3 is 2.43 bits per heavy atom. The minimum atomic E-state index is -1.36. The van der Waals surface area contributed by atoms with Gasteiger partial charge in [0.1, 0.15) is 11.6 Å². The van der Waals surface area contributed by atoms with Crippen molar-refractivity contribution in [1.82, 2.24) is 9.80 Å². The zero-order valence-electron chi connectivity index (χ0n) is 23.9. The molecule has 4 aliphatic rings. The predicted molar refractivity (Wildman–Crippen MR) is 160 cm³/mol. The molecule has 5 atom stereocenters. The van der Waals surface area contributed by atoms with Crippen molar-refractivity contribution in [1.29, 1.82) is 0 Å². The van der Waals surface area contributed by atoms with Gasteiger partial charge in [-0.25, -0.2) is 0 Å². The summed E-state index contributed by atoms with van der Waals surface area (Å²) in [6, 6.07) is 14.2. The summed E-state index contributed by atoms with van der Waals surface area (Å²) in [5.74, 6) is -2.49. The Bertz CT molecular complexity index is 1440. The third-order valence-electron chi connectivity index (χ3n) is 9.25. The second-order valence-electron chi connectivity index (χ2n) is 11.6. The van der Waals surface area contributed by atoms with Crippen LogP contribution in [0.2, 0.25) is 5.02 Å². The molecule has 8 nitrogen and oxygen atoms in total. The number of fused-ring (bicyclic) bond motifs is 2. The lowest BCUT2D eigenvalue weighted by atomic mass is 9.73. The van der Waals surface area contributed by atoms with Crippen molar-refractivity contribution in [2.24, 2.45) is 11.8 Å². The zero-order chi connectivity index (χ0) is 29.6. The number of aliphatic hydroxyl groups is 1. The Morgan fingerprint density at radius 2 is 1.71 bits per heavy atom. The summed E-state index contributed by atoms with van der Waals surface area (Å²) in [5.41, 5.74) is 0.00709. The number of amides is 3. The highest BCUT2D eigenvalue weighted by Gasteiger charge is 2.75. The van der Waals surface area contributed by atoms with Crippen LogP contribution in [0.25, 0.3) is 0 Å². The quantitative estimate of drug-likeness (QED) is 0.495. The van der Waals surface area contributed by atoms with E-state index in [-0.39, 0.29) is 37.4 Å². The lowest BCUT2D eigenvalue weighted by Crippen LogP contribution is -2.56. The number of aliphatic hydroxyl groups excluding tert-OH is 1. The number of rotatable bonds is 7. The Balaban J connectivity index is 1.46. The summed E-state index contributed by atoms with van der Waals surface area (Å²) < 4.78 is 7.02. The van der Waals surface area contributed by atoms with Crippen molar-refractivity contribution in [3.05, 3.63) is 89.0 Å². The number of nitrogens with zero attached hydrogens (tertiary/aromatic N) is 3. The van der Waals surface area contributed by atoms with E-state index in [2.05, 4.69) is 0 Å². The fraction of sp³-hybridized carbons (Fsp3) is 0.424. The van der Waals surface area contributed by atoms with E-state index in [1.54, 1.807) is 15.9 Å². The highest BCUT2D eigenvalue weighted by molar-refractivity contribution is 6.34.